The standard InChI is InChI=1S/C14H6Cl2F2N2OS/c15-8-2-4-10-12(11(8)16)22-14(19-10)20-13(21)7-5-6(17)1-3-9(7)18/h1-5H,(H,19,20,21). The van der Waals surface area contributed by atoms with Crippen molar-refractivity contribution in [1.82, 2.24) is 4.98 Å². The van der Waals surface area contributed by atoms with Crippen LogP contribution in [0.25, 0.3) is 10.2 Å². The van der Waals surface area contributed by atoms with Crippen LogP contribution in [0.4, 0.5) is 13.9 Å². The monoisotopic (exact) mass is 358 g/mol. The molecule has 0 atom stereocenters. The minimum absolute atomic E-state index is 0.216. The highest BCUT2D eigenvalue weighted by Crippen LogP contribution is 2.36. The van der Waals surface area contributed by atoms with Crippen LogP contribution in [0.3, 0.4) is 0 Å². The number of fused-ring (bicyclic) bond motifs is 1. The molecule has 8 heteroatoms. The molecular weight excluding hydrogens is 353 g/mol. The van der Waals surface area contributed by atoms with Crippen molar-refractivity contribution in [3.05, 3.63) is 57.6 Å². The van der Waals surface area contributed by atoms with Crippen LogP contribution in [-0.2, 0) is 0 Å². The van der Waals surface area contributed by atoms with Gasteiger partial charge in [-0.3, -0.25) is 10.1 Å². The maximum absolute atomic E-state index is 13.6. The van der Waals surface area contributed by atoms with Crippen LogP contribution in [0.15, 0.2) is 30.3 Å². The number of carbonyl (C=O) groups excluding carboxylic acids is 1. The molecule has 0 radical (unpaired) electrons. The summed E-state index contributed by atoms with van der Waals surface area (Å²) in [6.07, 6.45) is 0. The summed E-state index contributed by atoms with van der Waals surface area (Å²) >= 11 is 13.1. The number of amides is 1. The maximum atomic E-state index is 13.6. The number of anilines is 1. The molecule has 3 rings (SSSR count). The molecule has 0 saturated carbocycles. The lowest BCUT2D eigenvalue weighted by Gasteiger charge is -2.02. The quantitative estimate of drug-likeness (QED) is 0.689. The summed E-state index contributed by atoms with van der Waals surface area (Å²) in [5.74, 6) is -2.31. The number of aromatic nitrogens is 1. The van der Waals surface area contributed by atoms with Crippen LogP contribution in [-0.4, -0.2) is 10.9 Å². The average Bonchev–Trinajstić information content (AvgIpc) is 2.89. The minimum atomic E-state index is -0.818. The van der Waals surface area contributed by atoms with Crippen LogP contribution in [0, 0.1) is 11.6 Å². The molecule has 0 unspecified atom stereocenters. The zero-order valence-corrected chi connectivity index (χ0v) is 13.0. The van der Waals surface area contributed by atoms with Gasteiger partial charge in [0.25, 0.3) is 5.91 Å². The molecule has 112 valence electrons. The SMILES string of the molecule is O=C(Nc1nc2ccc(Cl)c(Cl)c2s1)c1cc(F)ccc1F. The van der Waals surface area contributed by atoms with Crippen molar-refractivity contribution < 1.29 is 13.6 Å². The Morgan fingerprint density at radius 1 is 1.18 bits per heavy atom. The molecule has 1 aromatic heterocycles. The minimum Gasteiger partial charge on any atom is -0.298 e. The molecule has 1 N–H and O–H groups in total. The lowest BCUT2D eigenvalue weighted by atomic mass is 10.2. The fourth-order valence-electron chi connectivity index (χ4n) is 1.83. The van der Waals surface area contributed by atoms with Gasteiger partial charge in [0, 0.05) is 0 Å². The van der Waals surface area contributed by atoms with Gasteiger partial charge >= 0.3 is 0 Å². The number of nitrogens with one attached hydrogen (secondary N) is 1. The van der Waals surface area contributed by atoms with Crippen molar-refractivity contribution in [2.24, 2.45) is 0 Å². The Morgan fingerprint density at radius 3 is 2.73 bits per heavy atom. The van der Waals surface area contributed by atoms with Gasteiger partial charge in [-0.2, -0.15) is 0 Å². The summed E-state index contributed by atoms with van der Waals surface area (Å²) in [6.45, 7) is 0. The van der Waals surface area contributed by atoms with E-state index in [0.29, 0.717) is 20.3 Å². The van der Waals surface area contributed by atoms with Gasteiger partial charge in [0.1, 0.15) is 11.6 Å². The first-order chi connectivity index (χ1) is 10.5. The molecule has 2 aromatic carbocycles. The van der Waals surface area contributed by atoms with E-state index in [9.17, 15) is 13.6 Å². The number of benzene rings is 2. The second kappa shape index (κ2) is 5.79. The summed E-state index contributed by atoms with van der Waals surface area (Å²) in [5.41, 5.74) is 0.151. The van der Waals surface area contributed by atoms with Gasteiger partial charge in [-0.1, -0.05) is 34.5 Å². The Kier molecular flexibility index (Phi) is 3.99. The molecular formula is C14H6Cl2F2N2OS. The maximum Gasteiger partial charge on any atom is 0.260 e. The van der Waals surface area contributed by atoms with Crippen molar-refractivity contribution in [3.8, 4) is 0 Å². The van der Waals surface area contributed by atoms with E-state index in [1.165, 1.54) is 0 Å². The number of hydrogen-bond donors (Lipinski definition) is 1. The third-order valence-corrected chi connectivity index (χ3v) is 4.76. The zero-order chi connectivity index (χ0) is 15.9. The molecule has 22 heavy (non-hydrogen) atoms. The Balaban J connectivity index is 1.94. The molecule has 0 spiro atoms. The molecule has 0 aliphatic rings. The molecule has 1 amide bonds. The topological polar surface area (TPSA) is 42.0 Å². The lowest BCUT2D eigenvalue weighted by molar-refractivity contribution is 0.102. The molecule has 0 bridgehead atoms. The van der Waals surface area contributed by atoms with Crippen LogP contribution in [0.1, 0.15) is 10.4 Å². The second-order valence-corrected chi connectivity index (χ2v) is 6.09. The van der Waals surface area contributed by atoms with Gasteiger partial charge in [0.05, 0.1) is 25.8 Å². The molecule has 1 heterocycles. The number of thiazole rings is 1. The molecule has 0 aliphatic heterocycles. The third-order valence-electron chi connectivity index (χ3n) is 2.84. The predicted molar refractivity (Wildman–Crippen MR) is 84.0 cm³/mol. The Bertz CT molecular complexity index is 898. The first kappa shape index (κ1) is 15.1. The van der Waals surface area contributed by atoms with E-state index >= 15 is 0 Å². The highest BCUT2D eigenvalue weighted by Gasteiger charge is 2.16. The lowest BCUT2D eigenvalue weighted by Crippen LogP contribution is -2.13. The molecule has 3 nitrogen and oxygen atoms in total. The fraction of sp³-hybridized carbons (Fsp3) is 0. The van der Waals surface area contributed by atoms with E-state index < -0.39 is 23.1 Å². The van der Waals surface area contributed by atoms with Gasteiger partial charge in [-0.05, 0) is 30.3 Å². The Morgan fingerprint density at radius 2 is 1.95 bits per heavy atom. The van der Waals surface area contributed by atoms with Crippen molar-refractivity contribution in [1.29, 1.82) is 0 Å². The van der Waals surface area contributed by atoms with E-state index in [1.807, 2.05) is 0 Å². The average molecular weight is 359 g/mol. The summed E-state index contributed by atoms with van der Waals surface area (Å²) in [4.78, 5) is 16.2. The Labute approximate surface area is 137 Å². The summed E-state index contributed by atoms with van der Waals surface area (Å²) in [6, 6.07) is 5.88. The van der Waals surface area contributed by atoms with Gasteiger partial charge in [-0.25, -0.2) is 13.8 Å². The van der Waals surface area contributed by atoms with Crippen LogP contribution in [0.2, 0.25) is 10.0 Å². The molecule has 0 fully saturated rings. The van der Waals surface area contributed by atoms with E-state index in [2.05, 4.69) is 10.3 Å². The zero-order valence-electron chi connectivity index (χ0n) is 10.7. The number of carbonyl (C=O) groups is 1. The van der Waals surface area contributed by atoms with Crippen molar-refractivity contribution in [2.45, 2.75) is 0 Å². The predicted octanol–water partition coefficient (Wildman–Crippen LogP) is 5.13. The van der Waals surface area contributed by atoms with Crippen LogP contribution in [0.5, 0.6) is 0 Å². The first-order valence-corrected chi connectivity index (χ1v) is 7.54. The van der Waals surface area contributed by atoms with Gasteiger partial charge in [-0.15, -0.1) is 0 Å². The van der Waals surface area contributed by atoms with Crippen molar-refractivity contribution in [2.75, 3.05) is 5.32 Å². The second-order valence-electron chi connectivity index (χ2n) is 4.31. The number of hydrogen-bond acceptors (Lipinski definition) is 3. The number of nitrogens with zero attached hydrogens (tertiary/aromatic N) is 1. The third kappa shape index (κ3) is 2.77. The Hall–Kier alpha value is -1.76. The first-order valence-electron chi connectivity index (χ1n) is 5.96. The molecule has 3 aromatic rings. The molecule has 0 saturated heterocycles. The van der Waals surface area contributed by atoms with Crippen molar-refractivity contribution >= 4 is 55.8 Å². The van der Waals surface area contributed by atoms with Crippen LogP contribution < -0.4 is 5.32 Å². The summed E-state index contributed by atoms with van der Waals surface area (Å²) in [7, 11) is 0. The smallest absolute Gasteiger partial charge is 0.260 e. The highest BCUT2D eigenvalue weighted by atomic mass is 35.5. The molecule has 0 aliphatic carbocycles. The largest absolute Gasteiger partial charge is 0.298 e. The number of halogens is 4. The van der Waals surface area contributed by atoms with Crippen LogP contribution >= 0.6 is 34.5 Å². The van der Waals surface area contributed by atoms with Gasteiger partial charge in [0.15, 0.2) is 5.13 Å². The van der Waals surface area contributed by atoms with Crippen molar-refractivity contribution in [3.63, 3.8) is 0 Å². The van der Waals surface area contributed by atoms with E-state index in [1.54, 1.807) is 12.1 Å². The highest BCUT2D eigenvalue weighted by molar-refractivity contribution is 7.23. The fourth-order valence-corrected chi connectivity index (χ4v) is 3.21. The van der Waals surface area contributed by atoms with E-state index in [-0.39, 0.29) is 5.13 Å². The summed E-state index contributed by atoms with van der Waals surface area (Å²) < 4.78 is 27.3. The van der Waals surface area contributed by atoms with Gasteiger partial charge < -0.3 is 0 Å². The van der Waals surface area contributed by atoms with E-state index in [0.717, 1.165) is 29.5 Å². The van der Waals surface area contributed by atoms with E-state index in [4.69, 9.17) is 23.2 Å². The normalized spacial score (nSPS) is 10.9. The summed E-state index contributed by atoms with van der Waals surface area (Å²) in [5, 5.41) is 3.33. The number of rotatable bonds is 2. The van der Waals surface area contributed by atoms with Gasteiger partial charge in [0.2, 0.25) is 0 Å².